The first-order chi connectivity index (χ1) is 31.3. The third-order valence-electron chi connectivity index (χ3n) is 13.7. The molecule has 0 fully saturated rings. The summed E-state index contributed by atoms with van der Waals surface area (Å²) in [4.78, 5) is 11.5. The molecule has 0 aliphatic rings. The molecule has 0 aliphatic heterocycles. The molecule has 0 amide bonds. The van der Waals surface area contributed by atoms with Gasteiger partial charge in [0.05, 0.1) is 49.7 Å². The van der Waals surface area contributed by atoms with E-state index in [1.165, 1.54) is 59.5 Å². The zero-order valence-corrected chi connectivity index (χ0v) is 33.8. The molecule has 0 radical (unpaired) electrons. The lowest BCUT2D eigenvalue weighted by atomic mass is 9.98. The number of nitrogens with zero attached hydrogens (tertiary/aromatic N) is 5. The molecule has 0 bridgehead atoms. The number of fused-ring (bicyclic) bond motifs is 14. The monoisotopic (exact) mass is 799 g/mol. The van der Waals surface area contributed by atoms with Gasteiger partial charge in [-0.2, -0.15) is 0 Å². The molecule has 5 heterocycles. The third kappa shape index (κ3) is 4.25. The van der Waals surface area contributed by atoms with Crippen LogP contribution in [-0.4, -0.2) is 23.5 Å². The molecule has 0 saturated carbocycles. The van der Waals surface area contributed by atoms with Crippen molar-refractivity contribution >= 4 is 114 Å². The second-order valence-electron chi connectivity index (χ2n) is 16.9. The summed E-state index contributed by atoms with van der Waals surface area (Å²) in [7, 11) is 0. The van der Waals surface area contributed by atoms with Gasteiger partial charge in [0.15, 0.2) is 5.82 Å². The average Bonchev–Trinajstić information content (AvgIpc) is 3.97. The average molecular weight is 800 g/mol. The maximum atomic E-state index is 5.90. The Labute approximate surface area is 359 Å². The predicted molar refractivity (Wildman–Crippen MR) is 263 cm³/mol. The Morgan fingerprint density at radius 1 is 0.333 bits per heavy atom. The van der Waals surface area contributed by atoms with E-state index < -0.39 is 0 Å². The Kier molecular flexibility index (Phi) is 6.36. The van der Waals surface area contributed by atoms with Crippen LogP contribution in [0.2, 0.25) is 0 Å². The minimum absolute atomic E-state index is 0.798. The smallest absolute Gasteiger partial charge is 0.165 e. The predicted octanol–water partition coefficient (Wildman–Crippen LogP) is 14.9. The maximum Gasteiger partial charge on any atom is 0.165 e. The van der Waals surface area contributed by atoms with Gasteiger partial charge in [-0.3, -0.25) is 4.57 Å². The molecular weight excluding hydrogens is 767 g/mol. The molecule has 5 aromatic heterocycles. The molecule has 5 nitrogen and oxygen atoms in total. The van der Waals surface area contributed by atoms with Gasteiger partial charge < -0.3 is 8.97 Å². The fourth-order valence-electron chi connectivity index (χ4n) is 11.1. The minimum Gasteiger partial charge on any atom is -0.308 e. The SMILES string of the molecule is c1ccc(-c2nc3ccc4ccccc4c3nc2-n2c3c4ccccc4cc4c5cccc6c7ccccc7n(c7cc8c9ccccc9n(-c9ccccc9)c8c2c7c43)c56)cc1. The zero-order chi connectivity index (χ0) is 40.9. The molecular formula is C58H33N5. The number of hydrogen-bond donors (Lipinski definition) is 0. The lowest BCUT2D eigenvalue weighted by Gasteiger charge is -2.17. The summed E-state index contributed by atoms with van der Waals surface area (Å²) in [5.74, 6) is 0.798. The van der Waals surface area contributed by atoms with Crippen molar-refractivity contribution in [2.24, 2.45) is 0 Å². The molecule has 0 saturated heterocycles. The van der Waals surface area contributed by atoms with Crippen molar-refractivity contribution in [1.82, 2.24) is 23.5 Å². The van der Waals surface area contributed by atoms with Gasteiger partial charge in [0.2, 0.25) is 0 Å². The van der Waals surface area contributed by atoms with E-state index in [9.17, 15) is 0 Å². The quantitative estimate of drug-likeness (QED) is 0.167. The normalized spacial score (nSPS) is 12.4. The van der Waals surface area contributed by atoms with Gasteiger partial charge in [-0.1, -0.05) is 158 Å². The van der Waals surface area contributed by atoms with Crippen LogP contribution in [0.3, 0.4) is 0 Å². The molecule has 290 valence electrons. The van der Waals surface area contributed by atoms with Crippen LogP contribution in [0.5, 0.6) is 0 Å². The highest BCUT2D eigenvalue weighted by Crippen LogP contribution is 2.51. The van der Waals surface area contributed by atoms with Crippen LogP contribution < -0.4 is 0 Å². The van der Waals surface area contributed by atoms with Crippen LogP contribution in [0, 0.1) is 0 Å². The summed E-state index contributed by atoms with van der Waals surface area (Å²) in [5.41, 5.74) is 12.8. The van der Waals surface area contributed by atoms with Gasteiger partial charge in [0, 0.05) is 59.7 Å². The Hall–Kier alpha value is -8.54. The van der Waals surface area contributed by atoms with E-state index in [2.05, 4.69) is 214 Å². The maximum absolute atomic E-state index is 5.90. The summed E-state index contributed by atoms with van der Waals surface area (Å²) in [6.07, 6.45) is 0. The summed E-state index contributed by atoms with van der Waals surface area (Å²) in [6.45, 7) is 0. The first-order valence-corrected chi connectivity index (χ1v) is 21.6. The molecule has 15 rings (SSSR count). The Morgan fingerprint density at radius 3 is 1.78 bits per heavy atom. The van der Waals surface area contributed by atoms with Gasteiger partial charge in [0.25, 0.3) is 0 Å². The largest absolute Gasteiger partial charge is 0.308 e. The fourth-order valence-corrected chi connectivity index (χ4v) is 11.1. The van der Waals surface area contributed by atoms with Crippen LogP contribution in [0.1, 0.15) is 0 Å². The lowest BCUT2D eigenvalue weighted by molar-refractivity contribution is 1.08. The highest BCUT2D eigenvalue weighted by molar-refractivity contribution is 6.39. The second-order valence-corrected chi connectivity index (χ2v) is 16.9. The van der Waals surface area contributed by atoms with Crippen molar-refractivity contribution in [3.8, 4) is 22.8 Å². The number of hydrogen-bond acceptors (Lipinski definition) is 2. The molecule has 15 aromatic rings. The van der Waals surface area contributed by atoms with Crippen LogP contribution in [-0.2, 0) is 0 Å². The van der Waals surface area contributed by atoms with Gasteiger partial charge in [-0.25, -0.2) is 9.97 Å². The topological polar surface area (TPSA) is 40.1 Å². The van der Waals surface area contributed by atoms with Crippen LogP contribution in [0.4, 0.5) is 0 Å². The highest BCUT2D eigenvalue weighted by Gasteiger charge is 2.30. The molecule has 0 aliphatic carbocycles. The van der Waals surface area contributed by atoms with Crippen molar-refractivity contribution in [2.45, 2.75) is 0 Å². The van der Waals surface area contributed by atoms with Crippen molar-refractivity contribution in [3.63, 3.8) is 0 Å². The number of aromatic nitrogens is 5. The van der Waals surface area contributed by atoms with E-state index in [1.807, 2.05) is 0 Å². The fraction of sp³-hybridized carbons (Fsp3) is 0. The van der Waals surface area contributed by atoms with E-state index in [4.69, 9.17) is 9.97 Å². The lowest BCUT2D eigenvalue weighted by Crippen LogP contribution is -2.06. The van der Waals surface area contributed by atoms with Gasteiger partial charge in [-0.15, -0.1) is 0 Å². The van der Waals surface area contributed by atoms with Crippen molar-refractivity contribution in [1.29, 1.82) is 0 Å². The van der Waals surface area contributed by atoms with E-state index in [-0.39, 0.29) is 0 Å². The second kappa shape index (κ2) is 12.1. The number of rotatable bonds is 3. The Morgan fingerprint density at radius 2 is 0.968 bits per heavy atom. The zero-order valence-electron chi connectivity index (χ0n) is 33.8. The first-order valence-electron chi connectivity index (χ1n) is 21.6. The summed E-state index contributed by atoms with van der Waals surface area (Å²) < 4.78 is 7.55. The van der Waals surface area contributed by atoms with Gasteiger partial charge in [-0.05, 0) is 58.6 Å². The van der Waals surface area contributed by atoms with Crippen LogP contribution in [0.15, 0.2) is 200 Å². The number of benzene rings is 10. The minimum atomic E-state index is 0.798. The van der Waals surface area contributed by atoms with Gasteiger partial charge >= 0.3 is 0 Å². The highest BCUT2D eigenvalue weighted by atomic mass is 15.1. The van der Waals surface area contributed by atoms with Crippen molar-refractivity contribution in [3.05, 3.63) is 200 Å². The first kappa shape index (κ1) is 33.2. The molecule has 5 heteroatoms. The van der Waals surface area contributed by atoms with Crippen LogP contribution >= 0.6 is 0 Å². The van der Waals surface area contributed by atoms with E-state index in [0.717, 1.165) is 77.5 Å². The molecule has 10 aromatic carbocycles. The Balaban J connectivity index is 1.33. The molecule has 0 unspecified atom stereocenters. The number of para-hydroxylation sites is 4. The van der Waals surface area contributed by atoms with E-state index in [1.54, 1.807) is 0 Å². The molecule has 63 heavy (non-hydrogen) atoms. The van der Waals surface area contributed by atoms with Crippen molar-refractivity contribution < 1.29 is 0 Å². The Bertz CT molecular complexity index is 4420. The molecule has 0 N–H and O–H groups in total. The third-order valence-corrected chi connectivity index (χ3v) is 13.7. The standard InChI is InChI=1S/C58H33N5/c1-3-17-35(18-4-1)52-58(60-53-38-22-9-7-16-34(38)30-31-46(53)59-52)63-55-39-23-10-8-19-36(39)32-44-43-27-15-26-42-40-24-11-14-29-48(40)62(54(42)43)49-33-45-41-25-12-13-28-47(41)61(37-20-5-2-6-21-37)56(45)57(63)51(49)50(44)55/h1-33H. The summed E-state index contributed by atoms with van der Waals surface area (Å²) in [5, 5.41) is 14.2. The summed E-state index contributed by atoms with van der Waals surface area (Å²) >= 11 is 0. The summed E-state index contributed by atoms with van der Waals surface area (Å²) in [6, 6.07) is 72.8. The molecule has 0 spiro atoms. The van der Waals surface area contributed by atoms with E-state index in [0.29, 0.717) is 0 Å². The van der Waals surface area contributed by atoms with Crippen molar-refractivity contribution in [2.75, 3.05) is 0 Å². The molecule has 0 atom stereocenters. The van der Waals surface area contributed by atoms with Crippen LogP contribution in [0.25, 0.3) is 137 Å². The van der Waals surface area contributed by atoms with E-state index >= 15 is 0 Å². The van der Waals surface area contributed by atoms with Gasteiger partial charge in [0.1, 0.15) is 5.69 Å².